The molecule has 1 aromatic carbocycles. The summed E-state index contributed by atoms with van der Waals surface area (Å²) in [4.78, 5) is 0. The van der Waals surface area contributed by atoms with E-state index in [0.29, 0.717) is 26.2 Å². The van der Waals surface area contributed by atoms with Crippen LogP contribution in [0.4, 0.5) is 0 Å². The van der Waals surface area contributed by atoms with E-state index in [1.165, 1.54) is 0 Å². The van der Waals surface area contributed by atoms with E-state index in [2.05, 4.69) is 0 Å². The Kier molecular flexibility index (Phi) is 4.86. The third-order valence-corrected chi connectivity index (χ3v) is 3.62. The fraction of sp³-hybridized carbons (Fsp3) is 0.600. The molecule has 2 rings (SSSR count). The highest BCUT2D eigenvalue weighted by Gasteiger charge is 2.38. The second-order valence-corrected chi connectivity index (χ2v) is 4.94. The minimum absolute atomic E-state index is 0.461. The predicted octanol–water partition coefficient (Wildman–Crippen LogP) is 1.81. The van der Waals surface area contributed by atoms with Crippen molar-refractivity contribution < 1.29 is 23.7 Å². The molecule has 5 nitrogen and oxygen atoms in total. The average Bonchev–Trinajstić information content (AvgIpc) is 2.46. The van der Waals surface area contributed by atoms with Crippen LogP contribution in [0.25, 0.3) is 0 Å². The van der Waals surface area contributed by atoms with E-state index in [1.807, 2.05) is 12.1 Å². The van der Waals surface area contributed by atoms with Gasteiger partial charge in [-0.3, -0.25) is 0 Å². The molecular weight excluding hydrogens is 260 g/mol. The lowest BCUT2D eigenvalue weighted by Crippen LogP contribution is -2.46. The summed E-state index contributed by atoms with van der Waals surface area (Å²) >= 11 is 0. The summed E-state index contributed by atoms with van der Waals surface area (Å²) in [5.41, 5.74) is 1.66. The molecule has 0 aromatic heterocycles. The van der Waals surface area contributed by atoms with Gasteiger partial charge in [0.1, 0.15) is 17.1 Å². The summed E-state index contributed by atoms with van der Waals surface area (Å²) < 4.78 is 27.5. The molecule has 0 bridgehead atoms. The van der Waals surface area contributed by atoms with Crippen molar-refractivity contribution in [1.29, 1.82) is 0 Å². The molecule has 0 saturated carbocycles. The molecule has 0 atom stereocenters. The monoisotopic (exact) mass is 282 g/mol. The maximum absolute atomic E-state index is 6.03. The molecule has 0 N–H and O–H groups in total. The molecular formula is C15H22O5. The number of hydrogen-bond donors (Lipinski definition) is 0. The third kappa shape index (κ3) is 2.75. The largest absolute Gasteiger partial charge is 0.496 e. The number of fused-ring (bicyclic) bond motifs is 1. The van der Waals surface area contributed by atoms with Crippen molar-refractivity contribution in [3.63, 3.8) is 0 Å². The Morgan fingerprint density at radius 2 is 1.50 bits per heavy atom. The van der Waals surface area contributed by atoms with Crippen molar-refractivity contribution in [3.05, 3.63) is 23.3 Å². The Morgan fingerprint density at radius 3 is 2.00 bits per heavy atom. The number of benzene rings is 1. The van der Waals surface area contributed by atoms with Crippen LogP contribution >= 0.6 is 0 Å². The van der Waals surface area contributed by atoms with Gasteiger partial charge in [0.25, 0.3) is 0 Å². The van der Waals surface area contributed by atoms with Crippen LogP contribution in [0, 0.1) is 0 Å². The Hall–Kier alpha value is -1.30. The lowest BCUT2D eigenvalue weighted by molar-refractivity contribution is -0.138. The summed E-state index contributed by atoms with van der Waals surface area (Å²) in [7, 11) is 6.67. The van der Waals surface area contributed by atoms with Crippen LogP contribution in [0.1, 0.15) is 11.1 Å². The molecule has 0 fully saturated rings. The first-order valence-corrected chi connectivity index (χ1v) is 6.54. The van der Waals surface area contributed by atoms with Gasteiger partial charge >= 0.3 is 0 Å². The number of methoxy groups -OCH3 is 4. The Morgan fingerprint density at radius 1 is 0.950 bits per heavy atom. The van der Waals surface area contributed by atoms with Crippen LogP contribution in [-0.4, -0.2) is 47.3 Å². The Labute approximate surface area is 119 Å². The van der Waals surface area contributed by atoms with Crippen LogP contribution in [-0.2, 0) is 27.2 Å². The first kappa shape index (κ1) is 15.1. The standard InChI is InChI=1S/C15H22O5/c1-16-9-15(10-17-2)7-11-12(8-20-15)14(19-4)6-5-13(11)18-3/h5-6H,7-10H2,1-4H3. The van der Waals surface area contributed by atoms with Gasteiger partial charge in [0.2, 0.25) is 0 Å². The fourth-order valence-corrected chi connectivity index (χ4v) is 2.74. The maximum Gasteiger partial charge on any atom is 0.124 e. The molecule has 0 amide bonds. The molecule has 0 aliphatic carbocycles. The fourth-order valence-electron chi connectivity index (χ4n) is 2.74. The summed E-state index contributed by atoms with van der Waals surface area (Å²) in [5, 5.41) is 0. The minimum atomic E-state index is -0.476. The van der Waals surface area contributed by atoms with E-state index < -0.39 is 5.60 Å². The first-order valence-electron chi connectivity index (χ1n) is 6.54. The highest BCUT2D eigenvalue weighted by atomic mass is 16.6. The van der Waals surface area contributed by atoms with Crippen LogP contribution in [0.15, 0.2) is 12.1 Å². The summed E-state index contributed by atoms with van der Waals surface area (Å²) in [6.45, 7) is 1.41. The summed E-state index contributed by atoms with van der Waals surface area (Å²) in [6.07, 6.45) is 0.671. The van der Waals surface area contributed by atoms with E-state index in [-0.39, 0.29) is 0 Å². The number of rotatable bonds is 6. The van der Waals surface area contributed by atoms with Crippen molar-refractivity contribution in [2.45, 2.75) is 18.6 Å². The quantitative estimate of drug-likeness (QED) is 0.796. The Bertz CT molecular complexity index is 452. The van der Waals surface area contributed by atoms with Crippen molar-refractivity contribution in [2.75, 3.05) is 41.7 Å². The molecule has 1 heterocycles. The maximum atomic E-state index is 6.03. The zero-order chi connectivity index (χ0) is 14.6. The number of ether oxygens (including phenoxy) is 5. The van der Waals surface area contributed by atoms with Crippen LogP contribution in [0.5, 0.6) is 11.5 Å². The van der Waals surface area contributed by atoms with Crippen LogP contribution in [0.2, 0.25) is 0 Å². The zero-order valence-corrected chi connectivity index (χ0v) is 12.5. The molecule has 1 aromatic rings. The summed E-state index contributed by atoms with van der Waals surface area (Å²) in [6, 6.07) is 3.83. The van der Waals surface area contributed by atoms with E-state index >= 15 is 0 Å². The van der Waals surface area contributed by atoms with Crippen LogP contribution < -0.4 is 9.47 Å². The van der Waals surface area contributed by atoms with Gasteiger partial charge in [-0.25, -0.2) is 0 Å². The first-order chi connectivity index (χ1) is 9.69. The molecule has 20 heavy (non-hydrogen) atoms. The molecule has 112 valence electrons. The highest BCUT2D eigenvalue weighted by molar-refractivity contribution is 5.50. The second-order valence-electron chi connectivity index (χ2n) is 4.94. The molecule has 0 spiro atoms. The zero-order valence-electron chi connectivity index (χ0n) is 12.5. The lowest BCUT2D eigenvalue weighted by Gasteiger charge is -2.38. The summed E-state index contributed by atoms with van der Waals surface area (Å²) in [5.74, 6) is 1.67. The van der Waals surface area contributed by atoms with Gasteiger partial charge in [-0.05, 0) is 12.1 Å². The molecule has 0 radical (unpaired) electrons. The van der Waals surface area contributed by atoms with Crippen molar-refractivity contribution in [3.8, 4) is 11.5 Å². The Balaban J connectivity index is 2.40. The van der Waals surface area contributed by atoms with E-state index in [4.69, 9.17) is 23.7 Å². The van der Waals surface area contributed by atoms with E-state index in [0.717, 1.165) is 22.6 Å². The molecule has 0 unspecified atom stereocenters. The van der Waals surface area contributed by atoms with E-state index in [1.54, 1.807) is 28.4 Å². The van der Waals surface area contributed by atoms with Crippen molar-refractivity contribution in [2.24, 2.45) is 0 Å². The molecule has 1 aliphatic heterocycles. The van der Waals surface area contributed by atoms with Gasteiger partial charge in [0, 0.05) is 31.8 Å². The van der Waals surface area contributed by atoms with Gasteiger partial charge in [-0.2, -0.15) is 0 Å². The van der Waals surface area contributed by atoms with E-state index in [9.17, 15) is 0 Å². The number of hydrogen-bond acceptors (Lipinski definition) is 5. The van der Waals surface area contributed by atoms with Gasteiger partial charge in [0.05, 0.1) is 34.0 Å². The normalized spacial score (nSPS) is 16.6. The highest BCUT2D eigenvalue weighted by Crippen LogP contribution is 2.39. The smallest absolute Gasteiger partial charge is 0.124 e. The van der Waals surface area contributed by atoms with Crippen molar-refractivity contribution in [1.82, 2.24) is 0 Å². The molecule has 0 saturated heterocycles. The average molecular weight is 282 g/mol. The predicted molar refractivity (Wildman–Crippen MR) is 74.5 cm³/mol. The van der Waals surface area contributed by atoms with Crippen LogP contribution in [0.3, 0.4) is 0 Å². The topological polar surface area (TPSA) is 46.2 Å². The van der Waals surface area contributed by atoms with Gasteiger partial charge in [-0.15, -0.1) is 0 Å². The molecule has 1 aliphatic rings. The van der Waals surface area contributed by atoms with Gasteiger partial charge < -0.3 is 23.7 Å². The van der Waals surface area contributed by atoms with Gasteiger partial charge in [0.15, 0.2) is 0 Å². The van der Waals surface area contributed by atoms with Crippen molar-refractivity contribution >= 4 is 0 Å². The molecule has 5 heteroatoms. The minimum Gasteiger partial charge on any atom is -0.496 e. The second kappa shape index (κ2) is 6.43. The van der Waals surface area contributed by atoms with Gasteiger partial charge in [-0.1, -0.05) is 0 Å². The lowest BCUT2D eigenvalue weighted by atomic mass is 9.88. The third-order valence-electron chi connectivity index (χ3n) is 3.62. The SMILES string of the molecule is COCC1(COC)Cc2c(OC)ccc(OC)c2CO1.